The number of nitrogens with zero attached hydrogens (tertiary/aromatic N) is 1. The maximum Gasteiger partial charge on any atom is 0.242 e. The predicted octanol–water partition coefficient (Wildman–Crippen LogP) is 4.41. The summed E-state index contributed by atoms with van der Waals surface area (Å²) in [4.78, 5) is 12.6. The molecule has 0 spiro atoms. The van der Waals surface area contributed by atoms with Crippen LogP contribution in [0.15, 0.2) is 53.4 Å². The van der Waals surface area contributed by atoms with E-state index in [1.165, 1.54) is 44.4 Å². The summed E-state index contributed by atoms with van der Waals surface area (Å²) >= 11 is 0. The minimum Gasteiger partial charge on any atom is -0.490 e. The second-order valence-corrected chi connectivity index (χ2v) is 9.00. The molecule has 0 fully saturated rings. The summed E-state index contributed by atoms with van der Waals surface area (Å²) in [5, 5.41) is 0. The molecule has 2 rings (SSSR count). The molecule has 0 saturated heterocycles. The molecule has 162 valence electrons. The average Bonchev–Trinajstić information content (AvgIpc) is 2.73. The maximum atomic E-state index is 12.5. The Bertz CT molecular complexity index is 979. The number of hydrogen-bond donors (Lipinski definition) is 0. The zero-order valence-corrected chi connectivity index (χ0v) is 18.7. The van der Waals surface area contributed by atoms with Gasteiger partial charge < -0.3 is 9.47 Å². The number of unbranched alkanes of at least 4 members (excludes halogenated alkanes) is 1. The minimum absolute atomic E-state index is 0.146. The SMILES string of the molecule is CCCCOc1ccc(/C=C/C(=O)c2ccc(S(=O)(=O)N(C)C)cc2)cc1OCC. The number of hydrogen-bond acceptors (Lipinski definition) is 5. The van der Waals surface area contributed by atoms with E-state index < -0.39 is 10.0 Å². The van der Waals surface area contributed by atoms with Crippen LogP contribution in [0.2, 0.25) is 0 Å². The summed E-state index contributed by atoms with van der Waals surface area (Å²) in [6.45, 7) is 5.15. The highest BCUT2D eigenvalue weighted by Crippen LogP contribution is 2.29. The zero-order chi connectivity index (χ0) is 22.1. The van der Waals surface area contributed by atoms with Crippen molar-refractivity contribution >= 4 is 21.9 Å². The average molecular weight is 432 g/mol. The van der Waals surface area contributed by atoms with Crippen molar-refractivity contribution in [2.24, 2.45) is 0 Å². The summed E-state index contributed by atoms with van der Waals surface area (Å²) in [5.41, 5.74) is 1.22. The van der Waals surface area contributed by atoms with Gasteiger partial charge in [-0.2, -0.15) is 0 Å². The number of carbonyl (C=O) groups is 1. The molecular formula is C23H29NO5S. The Morgan fingerprint density at radius 2 is 1.70 bits per heavy atom. The van der Waals surface area contributed by atoms with Crippen LogP contribution >= 0.6 is 0 Å². The first-order valence-electron chi connectivity index (χ1n) is 9.94. The molecule has 30 heavy (non-hydrogen) atoms. The normalized spacial score (nSPS) is 11.8. The van der Waals surface area contributed by atoms with E-state index in [4.69, 9.17) is 9.47 Å². The van der Waals surface area contributed by atoms with Gasteiger partial charge in [-0.3, -0.25) is 4.79 Å². The highest BCUT2D eigenvalue weighted by molar-refractivity contribution is 7.89. The maximum absolute atomic E-state index is 12.5. The van der Waals surface area contributed by atoms with E-state index >= 15 is 0 Å². The van der Waals surface area contributed by atoms with E-state index in [9.17, 15) is 13.2 Å². The molecule has 0 saturated carbocycles. The van der Waals surface area contributed by atoms with Crippen molar-refractivity contribution in [3.63, 3.8) is 0 Å². The van der Waals surface area contributed by atoms with Crippen LogP contribution in [0.5, 0.6) is 11.5 Å². The summed E-state index contributed by atoms with van der Waals surface area (Å²) in [6, 6.07) is 11.4. The van der Waals surface area contributed by atoms with Crippen LogP contribution in [-0.4, -0.2) is 45.8 Å². The molecule has 0 amide bonds. The number of ketones is 1. The van der Waals surface area contributed by atoms with Crippen LogP contribution in [0.4, 0.5) is 0 Å². The lowest BCUT2D eigenvalue weighted by Crippen LogP contribution is -2.22. The monoisotopic (exact) mass is 431 g/mol. The Kier molecular flexibility index (Phi) is 8.62. The van der Waals surface area contributed by atoms with Crippen molar-refractivity contribution in [1.82, 2.24) is 4.31 Å². The first-order chi connectivity index (χ1) is 14.3. The van der Waals surface area contributed by atoms with Gasteiger partial charge in [-0.15, -0.1) is 0 Å². The highest BCUT2D eigenvalue weighted by atomic mass is 32.2. The number of allylic oxidation sites excluding steroid dienone is 1. The lowest BCUT2D eigenvalue weighted by molar-refractivity contribution is 0.104. The van der Waals surface area contributed by atoms with Gasteiger partial charge in [0.1, 0.15) is 0 Å². The smallest absolute Gasteiger partial charge is 0.242 e. The van der Waals surface area contributed by atoms with Crippen molar-refractivity contribution in [3.8, 4) is 11.5 Å². The number of sulfonamides is 1. The fourth-order valence-electron chi connectivity index (χ4n) is 2.61. The van der Waals surface area contributed by atoms with Gasteiger partial charge in [0.15, 0.2) is 17.3 Å². The molecule has 2 aromatic rings. The second kappa shape index (κ2) is 10.9. The van der Waals surface area contributed by atoms with Crippen molar-refractivity contribution in [1.29, 1.82) is 0 Å². The van der Waals surface area contributed by atoms with E-state index in [2.05, 4.69) is 6.92 Å². The van der Waals surface area contributed by atoms with Crippen LogP contribution in [0.3, 0.4) is 0 Å². The van der Waals surface area contributed by atoms with Crippen LogP contribution in [0, 0.1) is 0 Å². The Hall–Kier alpha value is -2.64. The standard InChI is InChI=1S/C23H29NO5S/c1-5-7-16-29-22-15-9-18(17-23(22)28-6-2)8-14-21(25)19-10-12-20(13-11-19)30(26,27)24(3)4/h8-15,17H,5-7,16H2,1-4H3/b14-8+. The van der Waals surface area contributed by atoms with Crippen molar-refractivity contribution in [2.45, 2.75) is 31.6 Å². The molecule has 0 bridgehead atoms. The zero-order valence-electron chi connectivity index (χ0n) is 17.9. The first-order valence-corrected chi connectivity index (χ1v) is 11.4. The number of carbonyl (C=O) groups excluding carboxylic acids is 1. The Labute approximate surface area is 179 Å². The molecule has 0 heterocycles. The molecular weight excluding hydrogens is 402 g/mol. The Morgan fingerprint density at radius 1 is 1.00 bits per heavy atom. The molecule has 0 unspecified atom stereocenters. The lowest BCUT2D eigenvalue weighted by atomic mass is 10.1. The molecule has 2 aromatic carbocycles. The van der Waals surface area contributed by atoms with E-state index in [0.717, 1.165) is 22.7 Å². The molecule has 0 aliphatic rings. The predicted molar refractivity (Wildman–Crippen MR) is 119 cm³/mol. The molecule has 6 nitrogen and oxygen atoms in total. The molecule has 0 radical (unpaired) electrons. The second-order valence-electron chi connectivity index (χ2n) is 6.85. The number of ether oxygens (including phenoxy) is 2. The Morgan fingerprint density at radius 3 is 2.30 bits per heavy atom. The van der Waals surface area contributed by atoms with E-state index in [1.54, 1.807) is 6.08 Å². The molecule has 0 aliphatic heterocycles. The van der Waals surface area contributed by atoms with Gasteiger partial charge in [-0.05, 0) is 61.4 Å². The summed E-state index contributed by atoms with van der Waals surface area (Å²) < 4.78 is 36.8. The fraction of sp³-hybridized carbons (Fsp3) is 0.348. The third kappa shape index (κ3) is 6.18. The fourth-order valence-corrected chi connectivity index (χ4v) is 3.51. The van der Waals surface area contributed by atoms with Crippen LogP contribution in [0.25, 0.3) is 6.08 Å². The van der Waals surface area contributed by atoms with Crippen LogP contribution < -0.4 is 9.47 Å². The van der Waals surface area contributed by atoms with Gasteiger partial charge in [0.05, 0.1) is 18.1 Å². The van der Waals surface area contributed by atoms with Gasteiger partial charge in [0.25, 0.3) is 0 Å². The summed E-state index contributed by atoms with van der Waals surface area (Å²) in [7, 11) is -0.587. The Balaban J connectivity index is 2.14. The molecule has 0 aromatic heterocycles. The number of benzene rings is 2. The van der Waals surface area contributed by atoms with Gasteiger partial charge in [0.2, 0.25) is 10.0 Å². The summed E-state index contributed by atoms with van der Waals surface area (Å²) in [6.07, 6.45) is 5.18. The third-order valence-corrected chi connectivity index (χ3v) is 6.20. The first kappa shape index (κ1) is 23.6. The van der Waals surface area contributed by atoms with Crippen molar-refractivity contribution in [2.75, 3.05) is 27.3 Å². The minimum atomic E-state index is -3.52. The molecule has 0 N–H and O–H groups in total. The lowest BCUT2D eigenvalue weighted by Gasteiger charge is -2.12. The third-order valence-electron chi connectivity index (χ3n) is 4.37. The van der Waals surface area contributed by atoms with E-state index in [0.29, 0.717) is 30.3 Å². The van der Waals surface area contributed by atoms with Gasteiger partial charge in [0, 0.05) is 19.7 Å². The van der Waals surface area contributed by atoms with Gasteiger partial charge in [-0.1, -0.05) is 25.5 Å². The van der Waals surface area contributed by atoms with Gasteiger partial charge in [-0.25, -0.2) is 12.7 Å². The van der Waals surface area contributed by atoms with Crippen molar-refractivity contribution < 1.29 is 22.7 Å². The molecule has 0 aliphatic carbocycles. The largest absolute Gasteiger partial charge is 0.490 e. The summed E-state index contributed by atoms with van der Waals surface area (Å²) in [5.74, 6) is 1.11. The van der Waals surface area contributed by atoms with Crippen molar-refractivity contribution in [3.05, 3.63) is 59.7 Å². The number of rotatable bonds is 11. The van der Waals surface area contributed by atoms with E-state index in [-0.39, 0.29) is 10.7 Å². The van der Waals surface area contributed by atoms with E-state index in [1.807, 2.05) is 25.1 Å². The van der Waals surface area contributed by atoms with Gasteiger partial charge >= 0.3 is 0 Å². The molecule has 7 heteroatoms. The topological polar surface area (TPSA) is 72.9 Å². The van der Waals surface area contributed by atoms with Crippen LogP contribution in [-0.2, 0) is 10.0 Å². The van der Waals surface area contributed by atoms with Crippen LogP contribution in [0.1, 0.15) is 42.6 Å². The quantitative estimate of drug-likeness (QED) is 0.299. The highest BCUT2D eigenvalue weighted by Gasteiger charge is 2.17. The molecule has 0 atom stereocenters.